The third-order valence-corrected chi connectivity index (χ3v) is 7.14. The van der Waals surface area contributed by atoms with Gasteiger partial charge < -0.3 is 19.2 Å². The molecule has 0 saturated carbocycles. The highest BCUT2D eigenvalue weighted by atomic mass is 16.5. The Morgan fingerprint density at radius 1 is 0.946 bits per heavy atom. The Balaban J connectivity index is 1.80. The van der Waals surface area contributed by atoms with Crippen LogP contribution in [0.3, 0.4) is 0 Å². The summed E-state index contributed by atoms with van der Waals surface area (Å²) in [7, 11) is 5.67. The van der Waals surface area contributed by atoms with Gasteiger partial charge in [-0.3, -0.25) is 0 Å². The number of furan rings is 1. The van der Waals surface area contributed by atoms with E-state index in [1.54, 1.807) is 13.4 Å². The Morgan fingerprint density at radius 3 is 2.46 bits per heavy atom. The zero-order valence-electron chi connectivity index (χ0n) is 21.3. The molecule has 2 atom stereocenters. The van der Waals surface area contributed by atoms with Gasteiger partial charge >= 0.3 is 0 Å². The van der Waals surface area contributed by atoms with Crippen LogP contribution >= 0.6 is 0 Å². The molecule has 0 amide bonds. The van der Waals surface area contributed by atoms with Crippen molar-refractivity contribution in [3.63, 3.8) is 0 Å². The van der Waals surface area contributed by atoms with Crippen LogP contribution in [0.25, 0.3) is 21.7 Å². The normalized spacial score (nSPS) is 13.9. The van der Waals surface area contributed by atoms with Crippen molar-refractivity contribution in [1.29, 1.82) is 5.26 Å². The van der Waals surface area contributed by atoms with Crippen LogP contribution in [0.15, 0.2) is 95.6 Å². The molecule has 0 spiro atoms. The molecule has 1 N–H and O–H groups in total. The average Bonchev–Trinajstić information content (AvgIpc) is 3.40. The van der Waals surface area contributed by atoms with E-state index in [1.807, 2.05) is 93.0 Å². The molecule has 0 unspecified atom stereocenters. The standard InChI is InChI=1S/C32H30N2O3/c1-34(2)15-14-32(35,27-12-11-23-13-16-37-29(23)20-27)31(24-7-5-4-6-8-24)28-18-26-17-22(21-33)9-10-25(26)19-30(28)36-3/h4-13,16-20,31,35H,14-15H2,1-3H3/t31-,32-/m1/s1. The lowest BCUT2D eigenvalue weighted by Gasteiger charge is -2.39. The maximum Gasteiger partial charge on any atom is 0.134 e. The van der Waals surface area contributed by atoms with Crippen LogP contribution < -0.4 is 4.74 Å². The van der Waals surface area contributed by atoms with Crippen molar-refractivity contribution in [2.24, 2.45) is 0 Å². The first-order valence-electron chi connectivity index (χ1n) is 12.3. The Bertz CT molecular complexity index is 1580. The first kappa shape index (κ1) is 24.6. The fourth-order valence-corrected chi connectivity index (χ4v) is 5.20. The molecule has 5 nitrogen and oxygen atoms in total. The van der Waals surface area contributed by atoms with Crippen molar-refractivity contribution in [2.45, 2.75) is 17.9 Å². The summed E-state index contributed by atoms with van der Waals surface area (Å²) < 4.78 is 11.6. The summed E-state index contributed by atoms with van der Waals surface area (Å²) >= 11 is 0. The molecule has 5 aromatic rings. The van der Waals surface area contributed by atoms with Gasteiger partial charge in [-0.05, 0) is 78.8 Å². The van der Waals surface area contributed by atoms with E-state index in [0.29, 0.717) is 24.3 Å². The molecule has 0 fully saturated rings. The minimum absolute atomic E-state index is 0.453. The monoisotopic (exact) mass is 490 g/mol. The van der Waals surface area contributed by atoms with Crippen molar-refractivity contribution in [3.05, 3.63) is 113 Å². The number of fused-ring (bicyclic) bond motifs is 2. The molecule has 1 heterocycles. The van der Waals surface area contributed by atoms with Gasteiger partial charge in [0.25, 0.3) is 0 Å². The molecule has 0 bridgehead atoms. The number of hydrogen-bond donors (Lipinski definition) is 1. The van der Waals surface area contributed by atoms with Gasteiger partial charge in [-0.2, -0.15) is 5.26 Å². The second-order valence-corrected chi connectivity index (χ2v) is 9.76. The van der Waals surface area contributed by atoms with E-state index < -0.39 is 11.5 Å². The highest BCUT2D eigenvalue weighted by Crippen LogP contribution is 2.48. The summed E-state index contributed by atoms with van der Waals surface area (Å²) in [6, 6.07) is 29.8. The van der Waals surface area contributed by atoms with E-state index >= 15 is 0 Å². The molecule has 0 aliphatic heterocycles. The lowest BCUT2D eigenvalue weighted by Crippen LogP contribution is -2.37. The number of rotatable bonds is 8. The van der Waals surface area contributed by atoms with E-state index in [1.165, 1.54) is 0 Å². The number of methoxy groups -OCH3 is 1. The summed E-state index contributed by atoms with van der Waals surface area (Å²) in [5.74, 6) is 0.236. The molecule has 0 aliphatic rings. The van der Waals surface area contributed by atoms with Crippen LogP contribution in [-0.4, -0.2) is 37.8 Å². The van der Waals surface area contributed by atoms with Crippen molar-refractivity contribution < 1.29 is 14.3 Å². The van der Waals surface area contributed by atoms with Crippen molar-refractivity contribution in [2.75, 3.05) is 27.7 Å². The van der Waals surface area contributed by atoms with Crippen molar-refractivity contribution in [3.8, 4) is 11.8 Å². The van der Waals surface area contributed by atoms with Crippen LogP contribution in [0.5, 0.6) is 5.75 Å². The molecule has 0 radical (unpaired) electrons. The predicted octanol–water partition coefficient (Wildman–Crippen LogP) is 6.44. The highest BCUT2D eigenvalue weighted by Gasteiger charge is 2.42. The SMILES string of the molecule is COc1cc2ccc(C#N)cc2cc1[C@@H](c1ccccc1)[C@@](O)(CCN(C)C)c1ccc2ccoc2c1. The van der Waals surface area contributed by atoms with Crippen LogP contribution in [0.1, 0.15) is 34.6 Å². The first-order valence-corrected chi connectivity index (χ1v) is 12.3. The number of benzene rings is 4. The van der Waals surface area contributed by atoms with Gasteiger partial charge in [0.2, 0.25) is 0 Å². The maximum atomic E-state index is 12.8. The molecule has 0 aliphatic carbocycles. The molecular weight excluding hydrogens is 460 g/mol. The molecule has 186 valence electrons. The Morgan fingerprint density at radius 2 is 1.73 bits per heavy atom. The minimum atomic E-state index is -1.29. The van der Waals surface area contributed by atoms with Gasteiger partial charge in [0.1, 0.15) is 16.9 Å². The van der Waals surface area contributed by atoms with Crippen LogP contribution in [0.2, 0.25) is 0 Å². The molecule has 4 aromatic carbocycles. The summed E-state index contributed by atoms with van der Waals surface area (Å²) in [5, 5.41) is 25.2. The van der Waals surface area contributed by atoms with Gasteiger partial charge in [0, 0.05) is 23.4 Å². The van der Waals surface area contributed by atoms with E-state index in [-0.39, 0.29) is 0 Å². The van der Waals surface area contributed by atoms with Gasteiger partial charge in [0.15, 0.2) is 0 Å². The lowest BCUT2D eigenvalue weighted by atomic mass is 9.71. The van der Waals surface area contributed by atoms with Crippen LogP contribution in [0, 0.1) is 11.3 Å². The van der Waals surface area contributed by atoms with E-state index in [0.717, 1.165) is 38.4 Å². The van der Waals surface area contributed by atoms with Gasteiger partial charge in [-0.1, -0.05) is 48.5 Å². The molecule has 5 rings (SSSR count). The molecule has 5 heteroatoms. The van der Waals surface area contributed by atoms with E-state index in [2.05, 4.69) is 17.0 Å². The van der Waals surface area contributed by atoms with Crippen LogP contribution in [0.4, 0.5) is 0 Å². The Labute approximate surface area is 217 Å². The highest BCUT2D eigenvalue weighted by molar-refractivity contribution is 5.87. The topological polar surface area (TPSA) is 69.6 Å². The minimum Gasteiger partial charge on any atom is -0.496 e. The summed E-state index contributed by atoms with van der Waals surface area (Å²) in [4.78, 5) is 2.08. The van der Waals surface area contributed by atoms with E-state index in [9.17, 15) is 10.4 Å². The largest absolute Gasteiger partial charge is 0.496 e. The molecule has 37 heavy (non-hydrogen) atoms. The fourth-order valence-electron chi connectivity index (χ4n) is 5.20. The zero-order valence-corrected chi connectivity index (χ0v) is 21.3. The Hall–Kier alpha value is -4.11. The summed E-state index contributed by atoms with van der Waals surface area (Å²) in [6.45, 7) is 0.671. The van der Waals surface area contributed by atoms with Crippen LogP contribution in [-0.2, 0) is 5.60 Å². The molecule has 0 saturated heterocycles. The van der Waals surface area contributed by atoms with Gasteiger partial charge in [0.05, 0.1) is 25.0 Å². The predicted molar refractivity (Wildman–Crippen MR) is 147 cm³/mol. The summed E-state index contributed by atoms with van der Waals surface area (Å²) in [5.41, 5.74) is 2.64. The van der Waals surface area contributed by atoms with Crippen molar-refractivity contribution in [1.82, 2.24) is 4.90 Å². The number of nitrogens with zero attached hydrogens (tertiary/aromatic N) is 2. The number of ether oxygens (including phenoxy) is 1. The Kier molecular flexibility index (Phi) is 6.71. The third kappa shape index (κ3) is 4.70. The van der Waals surface area contributed by atoms with E-state index in [4.69, 9.17) is 9.15 Å². The average molecular weight is 491 g/mol. The second kappa shape index (κ2) is 10.1. The van der Waals surface area contributed by atoms with Crippen molar-refractivity contribution >= 4 is 21.7 Å². The third-order valence-electron chi connectivity index (χ3n) is 7.14. The second-order valence-electron chi connectivity index (χ2n) is 9.76. The van der Waals surface area contributed by atoms with Gasteiger partial charge in [-0.25, -0.2) is 0 Å². The first-order chi connectivity index (χ1) is 17.9. The summed E-state index contributed by atoms with van der Waals surface area (Å²) in [6.07, 6.45) is 2.15. The quantitative estimate of drug-likeness (QED) is 0.271. The lowest BCUT2D eigenvalue weighted by molar-refractivity contribution is 0.00400. The smallest absolute Gasteiger partial charge is 0.134 e. The maximum absolute atomic E-state index is 12.8. The number of hydrogen-bond acceptors (Lipinski definition) is 5. The fraction of sp³-hybridized carbons (Fsp3) is 0.219. The number of nitriles is 1. The number of aliphatic hydroxyl groups is 1. The zero-order chi connectivity index (χ0) is 26.0. The molecule has 1 aromatic heterocycles. The van der Waals surface area contributed by atoms with Gasteiger partial charge in [-0.15, -0.1) is 0 Å². The molecular formula is C32H30N2O3.